The fourth-order valence-electron chi connectivity index (χ4n) is 8.13. The Morgan fingerprint density at radius 1 is 0.797 bits per heavy atom. The van der Waals surface area contributed by atoms with Gasteiger partial charge in [-0.1, -0.05) is 104 Å². The molecule has 306 valence electrons. The highest BCUT2D eigenvalue weighted by Crippen LogP contribution is 2.41. The molecule has 0 aliphatic rings. The van der Waals surface area contributed by atoms with E-state index in [1.165, 1.54) is 39.1 Å². The molecule has 2 unspecified atom stereocenters. The van der Waals surface area contributed by atoms with Crippen LogP contribution in [0.3, 0.4) is 0 Å². The highest BCUT2D eigenvalue weighted by Gasteiger charge is 2.23. The standard InChI is InChI=1S/C53H61N3O3/c1-13-17-38(8)51(35(3)4)55(11)43-24-20-41(21-25-43)50(42-22-26-44(27-23-42)56(12)52-39(9)31-37(7)32-40(52)10)48-28-29-49(47-19-16-15-18-46(47)48)54-33-45(34-58-30-14-2)59-53(57)36(5)6/h13-29,31-32,45,50,54H,2-3,5,30,33-34H2,1,4,6-12H3/b17-13+,51-38+. The highest BCUT2D eigenvalue weighted by molar-refractivity contribution is 5.97. The molecule has 2 atom stereocenters. The molecule has 0 spiro atoms. The predicted octanol–water partition coefficient (Wildman–Crippen LogP) is 12.7. The molecule has 0 aromatic heterocycles. The largest absolute Gasteiger partial charge is 0.455 e. The zero-order valence-corrected chi connectivity index (χ0v) is 36.5. The van der Waals surface area contributed by atoms with Crippen molar-refractivity contribution >= 4 is 39.5 Å². The molecule has 0 radical (unpaired) electrons. The minimum absolute atomic E-state index is 0.0759. The third-order valence-electron chi connectivity index (χ3n) is 10.7. The van der Waals surface area contributed by atoms with E-state index in [0.717, 1.165) is 44.7 Å². The van der Waals surface area contributed by atoms with Crippen molar-refractivity contribution in [3.05, 3.63) is 191 Å². The number of fused-ring (bicyclic) bond motifs is 1. The topological polar surface area (TPSA) is 54.0 Å². The van der Waals surface area contributed by atoms with Crippen LogP contribution in [0.5, 0.6) is 0 Å². The van der Waals surface area contributed by atoms with Crippen LogP contribution < -0.4 is 15.1 Å². The summed E-state index contributed by atoms with van der Waals surface area (Å²) in [5.74, 6) is -0.520. The Hall–Kier alpha value is -6.11. The summed E-state index contributed by atoms with van der Waals surface area (Å²) in [7, 11) is 4.25. The number of anilines is 4. The third kappa shape index (κ3) is 10.5. The van der Waals surface area contributed by atoms with Crippen LogP contribution >= 0.6 is 0 Å². The summed E-state index contributed by atoms with van der Waals surface area (Å²) in [4.78, 5) is 17.0. The predicted molar refractivity (Wildman–Crippen MR) is 251 cm³/mol. The van der Waals surface area contributed by atoms with Crippen molar-refractivity contribution in [3.63, 3.8) is 0 Å². The number of hydrogen-bond donors (Lipinski definition) is 1. The van der Waals surface area contributed by atoms with Gasteiger partial charge in [-0.2, -0.15) is 0 Å². The number of hydrogen-bond acceptors (Lipinski definition) is 6. The van der Waals surface area contributed by atoms with E-state index >= 15 is 0 Å². The fraction of sp³-hybridized carbons (Fsp3) is 0.264. The molecule has 6 heteroatoms. The summed E-state index contributed by atoms with van der Waals surface area (Å²) in [5.41, 5.74) is 15.3. The van der Waals surface area contributed by atoms with Crippen molar-refractivity contribution in [2.24, 2.45) is 0 Å². The average Bonchev–Trinajstić information content (AvgIpc) is 3.20. The Balaban J connectivity index is 1.59. The van der Waals surface area contributed by atoms with Gasteiger partial charge in [0.2, 0.25) is 0 Å². The first-order valence-corrected chi connectivity index (χ1v) is 20.3. The molecule has 0 saturated carbocycles. The van der Waals surface area contributed by atoms with Gasteiger partial charge in [0.05, 0.1) is 19.8 Å². The van der Waals surface area contributed by atoms with Crippen LogP contribution in [0.2, 0.25) is 0 Å². The van der Waals surface area contributed by atoms with Crippen molar-refractivity contribution < 1.29 is 14.3 Å². The molecule has 0 saturated heterocycles. The van der Waals surface area contributed by atoms with Gasteiger partial charge in [-0.05, 0) is 123 Å². The Morgan fingerprint density at radius 2 is 1.39 bits per heavy atom. The van der Waals surface area contributed by atoms with E-state index in [1.54, 1.807) is 13.0 Å². The van der Waals surface area contributed by atoms with Crippen molar-refractivity contribution in [1.29, 1.82) is 0 Å². The first kappa shape index (κ1) is 44.0. The second-order valence-electron chi connectivity index (χ2n) is 15.6. The molecule has 6 nitrogen and oxygen atoms in total. The lowest BCUT2D eigenvalue weighted by atomic mass is 9.82. The minimum atomic E-state index is -0.520. The summed E-state index contributed by atoms with van der Waals surface area (Å²) >= 11 is 0. The molecule has 5 rings (SSSR count). The van der Waals surface area contributed by atoms with Gasteiger partial charge in [0.1, 0.15) is 6.10 Å². The van der Waals surface area contributed by atoms with Crippen molar-refractivity contribution in [2.45, 2.75) is 60.5 Å². The van der Waals surface area contributed by atoms with Crippen LogP contribution in [0.25, 0.3) is 10.8 Å². The van der Waals surface area contributed by atoms with Crippen molar-refractivity contribution in [1.82, 2.24) is 0 Å². The molecule has 0 heterocycles. The summed E-state index contributed by atoms with van der Waals surface area (Å²) in [5, 5.41) is 5.77. The first-order valence-electron chi connectivity index (χ1n) is 20.3. The SMILES string of the molecule is C=CCOCC(CNc1ccc(C(c2ccc(N(C)/C(C(=C)C)=C(C)/C=C/C)cc2)c2ccc(N(C)c3c(C)cc(C)cc3C)cc2)c2ccccc12)OC(=O)C(=C)C. The molecule has 5 aromatic rings. The zero-order valence-electron chi connectivity index (χ0n) is 36.5. The Bertz CT molecular complexity index is 2350. The number of esters is 1. The van der Waals surface area contributed by atoms with Crippen LogP contribution in [0.15, 0.2) is 157 Å². The molecule has 59 heavy (non-hydrogen) atoms. The smallest absolute Gasteiger partial charge is 0.333 e. The lowest BCUT2D eigenvalue weighted by Gasteiger charge is -2.27. The lowest BCUT2D eigenvalue weighted by Crippen LogP contribution is -2.31. The quantitative estimate of drug-likeness (QED) is 0.0238. The number of aryl methyl sites for hydroxylation is 3. The summed E-state index contributed by atoms with van der Waals surface area (Å²) < 4.78 is 11.4. The number of likely N-dealkylation sites (N-methyl/N-ethyl adjacent to an activating group) is 1. The van der Waals surface area contributed by atoms with Gasteiger partial charge in [0, 0.05) is 59.4 Å². The molecule has 5 aromatic carbocycles. The maximum absolute atomic E-state index is 12.5. The van der Waals surface area contributed by atoms with E-state index in [2.05, 4.69) is 193 Å². The molecular formula is C53H61N3O3. The number of rotatable bonds is 18. The fourth-order valence-corrected chi connectivity index (χ4v) is 8.13. The Morgan fingerprint density at radius 3 is 1.95 bits per heavy atom. The minimum Gasteiger partial charge on any atom is -0.455 e. The molecule has 0 aliphatic heterocycles. The van der Waals surface area contributed by atoms with Crippen molar-refractivity contribution in [2.75, 3.05) is 49.0 Å². The second-order valence-corrected chi connectivity index (χ2v) is 15.6. The molecule has 0 amide bonds. The van der Waals surface area contributed by atoms with E-state index in [4.69, 9.17) is 9.47 Å². The van der Waals surface area contributed by atoms with Crippen LogP contribution in [-0.2, 0) is 14.3 Å². The summed E-state index contributed by atoms with van der Waals surface area (Å²) in [6.07, 6.45) is 5.35. The second kappa shape index (κ2) is 20.0. The molecule has 1 N–H and O–H groups in total. The van der Waals surface area contributed by atoms with Gasteiger partial charge in [0.15, 0.2) is 0 Å². The number of ether oxygens (including phenoxy) is 2. The number of allylic oxidation sites excluding steroid dienone is 4. The Kier molecular flexibility index (Phi) is 14.9. The summed E-state index contributed by atoms with van der Waals surface area (Å²) in [6.45, 7) is 27.1. The molecular weight excluding hydrogens is 727 g/mol. The zero-order chi connectivity index (χ0) is 42.8. The maximum atomic E-state index is 12.5. The Labute approximate surface area is 352 Å². The monoisotopic (exact) mass is 787 g/mol. The van der Waals surface area contributed by atoms with Gasteiger partial charge in [-0.15, -0.1) is 6.58 Å². The van der Waals surface area contributed by atoms with Crippen LogP contribution in [-0.4, -0.2) is 45.9 Å². The molecule has 0 aliphatic carbocycles. The molecule has 0 fully saturated rings. The number of nitrogens with zero attached hydrogens (tertiary/aromatic N) is 2. The number of carbonyl (C=O) groups is 1. The van der Waals surface area contributed by atoms with Gasteiger partial charge in [0.25, 0.3) is 0 Å². The van der Waals surface area contributed by atoms with E-state index < -0.39 is 12.1 Å². The van der Waals surface area contributed by atoms with E-state index in [0.29, 0.717) is 18.7 Å². The van der Waals surface area contributed by atoms with E-state index in [1.807, 2.05) is 6.92 Å². The first-order chi connectivity index (χ1) is 28.2. The average molecular weight is 788 g/mol. The van der Waals surface area contributed by atoms with Gasteiger partial charge >= 0.3 is 5.97 Å². The highest BCUT2D eigenvalue weighted by atomic mass is 16.6. The van der Waals surface area contributed by atoms with E-state index in [9.17, 15) is 4.79 Å². The van der Waals surface area contributed by atoms with Crippen molar-refractivity contribution in [3.8, 4) is 0 Å². The number of nitrogens with one attached hydrogen (secondary N) is 1. The molecule has 0 bridgehead atoms. The summed E-state index contributed by atoms with van der Waals surface area (Å²) in [6, 6.07) is 35.2. The number of benzene rings is 5. The van der Waals surface area contributed by atoms with Gasteiger partial charge < -0.3 is 24.6 Å². The van der Waals surface area contributed by atoms with Crippen LogP contribution in [0.1, 0.15) is 67.0 Å². The van der Waals surface area contributed by atoms with Crippen LogP contribution in [0.4, 0.5) is 22.7 Å². The lowest BCUT2D eigenvalue weighted by molar-refractivity contribution is -0.146. The maximum Gasteiger partial charge on any atom is 0.333 e. The van der Waals surface area contributed by atoms with E-state index in [-0.39, 0.29) is 12.5 Å². The third-order valence-corrected chi connectivity index (χ3v) is 10.7. The normalized spacial score (nSPS) is 12.8. The van der Waals surface area contributed by atoms with Gasteiger partial charge in [-0.25, -0.2) is 4.79 Å². The van der Waals surface area contributed by atoms with Gasteiger partial charge in [-0.3, -0.25) is 0 Å². The number of carbonyl (C=O) groups excluding carboxylic acids is 1. The van der Waals surface area contributed by atoms with Crippen LogP contribution in [0, 0.1) is 20.8 Å².